The maximum atomic E-state index is 12.9. The summed E-state index contributed by atoms with van der Waals surface area (Å²) in [6.45, 7) is 3.24. The molecule has 2 N–H and O–H groups in total. The molecule has 2 heterocycles. The number of rotatable bonds is 8. The number of benzene rings is 2. The lowest BCUT2D eigenvalue weighted by Crippen LogP contribution is -2.60. The third-order valence-electron chi connectivity index (χ3n) is 6.85. The molecule has 2 aromatic carbocycles. The second-order valence-corrected chi connectivity index (χ2v) is 11.2. The van der Waals surface area contributed by atoms with Crippen LogP contribution < -0.4 is 14.8 Å². The number of nitrogens with one attached hydrogen (secondary N) is 2. The zero-order valence-electron chi connectivity index (χ0n) is 21.3. The van der Waals surface area contributed by atoms with Gasteiger partial charge in [-0.25, -0.2) is 22.7 Å². The van der Waals surface area contributed by atoms with Gasteiger partial charge in [-0.1, -0.05) is 17.7 Å². The van der Waals surface area contributed by atoms with Crippen LogP contribution in [0.1, 0.15) is 24.0 Å². The maximum absolute atomic E-state index is 12.9. The van der Waals surface area contributed by atoms with Gasteiger partial charge in [0, 0.05) is 31.7 Å². The molecule has 4 rings (SSSR count). The summed E-state index contributed by atoms with van der Waals surface area (Å²) in [6, 6.07) is 14.0. The molecule has 3 atom stereocenters. The molecule has 0 aromatic heterocycles. The number of nitriles is 1. The van der Waals surface area contributed by atoms with Crippen LogP contribution in [0, 0.1) is 18.3 Å². The number of ether oxygens (including phenoxy) is 2. The number of methoxy groups -OCH3 is 1. The molecular formula is C26H31N5O6S. The van der Waals surface area contributed by atoms with E-state index in [1.54, 1.807) is 41.3 Å². The number of sulfonamides is 1. The summed E-state index contributed by atoms with van der Waals surface area (Å²) in [4.78, 5) is 28.7. The van der Waals surface area contributed by atoms with Crippen molar-refractivity contribution in [2.75, 3.05) is 33.4 Å². The molecule has 2 unspecified atom stereocenters. The van der Waals surface area contributed by atoms with Gasteiger partial charge in [-0.2, -0.15) is 5.26 Å². The van der Waals surface area contributed by atoms with E-state index in [1.165, 1.54) is 19.2 Å². The number of amides is 3. The van der Waals surface area contributed by atoms with E-state index in [1.807, 2.05) is 6.92 Å². The normalized spacial score (nSPS) is 19.8. The number of aryl methyl sites for hydroxylation is 1. The van der Waals surface area contributed by atoms with Crippen LogP contribution in [0.15, 0.2) is 53.4 Å². The van der Waals surface area contributed by atoms with Crippen LogP contribution in [-0.2, 0) is 14.8 Å². The predicted molar refractivity (Wildman–Crippen MR) is 138 cm³/mol. The zero-order valence-corrected chi connectivity index (χ0v) is 22.1. The van der Waals surface area contributed by atoms with Crippen molar-refractivity contribution in [1.29, 1.82) is 5.26 Å². The van der Waals surface area contributed by atoms with Crippen molar-refractivity contribution in [2.24, 2.45) is 0 Å². The molecule has 3 amide bonds. The van der Waals surface area contributed by atoms with Crippen LogP contribution in [0.2, 0.25) is 0 Å². The van der Waals surface area contributed by atoms with E-state index in [0.29, 0.717) is 30.9 Å². The lowest BCUT2D eigenvalue weighted by atomic mass is 10.1. The number of urea groups is 1. The van der Waals surface area contributed by atoms with Crippen molar-refractivity contribution in [1.82, 2.24) is 19.8 Å². The molecule has 38 heavy (non-hydrogen) atoms. The van der Waals surface area contributed by atoms with Gasteiger partial charge in [0.2, 0.25) is 0 Å². The fraction of sp³-hybridized carbons (Fsp3) is 0.423. The smallest absolute Gasteiger partial charge is 0.407 e. The van der Waals surface area contributed by atoms with Gasteiger partial charge in [-0.3, -0.25) is 4.90 Å². The number of fused-ring (bicyclic) bond motifs is 2. The van der Waals surface area contributed by atoms with Crippen molar-refractivity contribution in [3.63, 3.8) is 0 Å². The fourth-order valence-electron chi connectivity index (χ4n) is 4.85. The standard InChI is InChI=1S/C26H31N5O6S/c1-18-3-11-24(12-4-18)38(34,35)29-25(32)30-15-21-7-8-22(16-30)31(21)14-20(28-26(33)36-2)17-37-23-9-5-19(13-27)6-10-23/h3-6,9-12,20-22H,7-8,14-17H2,1-2H3,(H,28,33)(H,29,32)/t20-,21?,22?/m0/s1. The summed E-state index contributed by atoms with van der Waals surface area (Å²) in [5.41, 5.74) is 1.44. The van der Waals surface area contributed by atoms with E-state index in [0.717, 1.165) is 18.4 Å². The second kappa shape index (κ2) is 11.7. The second-order valence-electron chi connectivity index (χ2n) is 9.49. The molecule has 2 fully saturated rings. The SMILES string of the molecule is COC(=O)N[C@H](COc1ccc(C#N)cc1)CN1C2CCC1CN(C(=O)NS(=O)(=O)c1ccc(C)cc1)C2. The minimum atomic E-state index is -3.98. The first kappa shape index (κ1) is 27.2. The Kier molecular flexibility index (Phi) is 8.38. The van der Waals surface area contributed by atoms with E-state index in [-0.39, 0.29) is 23.6 Å². The maximum Gasteiger partial charge on any atom is 0.407 e. The Bertz CT molecular complexity index is 1280. The molecule has 0 aliphatic carbocycles. The third-order valence-corrected chi connectivity index (χ3v) is 8.18. The van der Waals surface area contributed by atoms with Gasteiger partial charge in [0.1, 0.15) is 12.4 Å². The van der Waals surface area contributed by atoms with E-state index < -0.39 is 28.2 Å². The Balaban J connectivity index is 1.37. The van der Waals surface area contributed by atoms with Crippen molar-refractivity contribution < 1.29 is 27.5 Å². The van der Waals surface area contributed by atoms with Gasteiger partial charge in [0.15, 0.2) is 0 Å². The Hall–Kier alpha value is -3.82. The average Bonchev–Trinajstić information content (AvgIpc) is 3.12. The van der Waals surface area contributed by atoms with Gasteiger partial charge < -0.3 is 19.7 Å². The summed E-state index contributed by atoms with van der Waals surface area (Å²) in [5, 5.41) is 11.8. The molecule has 0 spiro atoms. The summed E-state index contributed by atoms with van der Waals surface area (Å²) >= 11 is 0. The number of likely N-dealkylation sites (tertiary alicyclic amines) is 1. The van der Waals surface area contributed by atoms with Crippen LogP contribution in [0.4, 0.5) is 9.59 Å². The quantitative estimate of drug-likeness (QED) is 0.518. The highest BCUT2D eigenvalue weighted by Gasteiger charge is 2.42. The molecule has 2 aliphatic rings. The van der Waals surface area contributed by atoms with Gasteiger partial charge in [-0.05, 0) is 56.2 Å². The molecule has 2 saturated heterocycles. The Labute approximate surface area is 222 Å². The van der Waals surface area contributed by atoms with Crippen LogP contribution in [0.5, 0.6) is 5.75 Å². The Morgan fingerprint density at radius 3 is 2.29 bits per heavy atom. The first-order chi connectivity index (χ1) is 18.2. The molecule has 2 bridgehead atoms. The fourth-order valence-corrected chi connectivity index (χ4v) is 5.82. The number of hydrogen-bond acceptors (Lipinski definition) is 8. The number of piperazine rings is 1. The molecule has 0 saturated carbocycles. The minimum absolute atomic E-state index is 0.0124. The van der Waals surface area contributed by atoms with Gasteiger partial charge in [0.05, 0.1) is 29.7 Å². The molecular weight excluding hydrogens is 510 g/mol. The number of carbonyl (C=O) groups excluding carboxylic acids is 2. The monoisotopic (exact) mass is 541 g/mol. The average molecular weight is 542 g/mol. The molecule has 11 nitrogen and oxygen atoms in total. The molecule has 2 aliphatic heterocycles. The summed E-state index contributed by atoms with van der Waals surface area (Å²) in [7, 11) is -2.69. The zero-order chi connectivity index (χ0) is 27.3. The molecule has 202 valence electrons. The molecule has 0 radical (unpaired) electrons. The highest BCUT2D eigenvalue weighted by atomic mass is 32.2. The highest BCUT2D eigenvalue weighted by Crippen LogP contribution is 2.30. The number of nitrogens with zero attached hydrogens (tertiary/aromatic N) is 3. The largest absolute Gasteiger partial charge is 0.491 e. The summed E-state index contributed by atoms with van der Waals surface area (Å²) < 4.78 is 38.2. The number of alkyl carbamates (subject to hydrolysis) is 1. The van der Waals surface area contributed by atoms with Crippen molar-refractivity contribution in [3.8, 4) is 11.8 Å². The lowest BCUT2D eigenvalue weighted by Gasteiger charge is -2.42. The highest BCUT2D eigenvalue weighted by molar-refractivity contribution is 7.90. The van der Waals surface area contributed by atoms with Gasteiger partial charge in [0.25, 0.3) is 10.0 Å². The van der Waals surface area contributed by atoms with Crippen molar-refractivity contribution in [2.45, 2.75) is 42.8 Å². The Morgan fingerprint density at radius 2 is 1.71 bits per heavy atom. The molecule has 12 heteroatoms. The van der Waals surface area contributed by atoms with Gasteiger partial charge in [-0.15, -0.1) is 0 Å². The van der Waals surface area contributed by atoms with Crippen LogP contribution in [0.25, 0.3) is 0 Å². The van der Waals surface area contributed by atoms with E-state index >= 15 is 0 Å². The lowest BCUT2D eigenvalue weighted by molar-refractivity contribution is 0.0683. The van der Waals surface area contributed by atoms with Gasteiger partial charge >= 0.3 is 12.1 Å². The van der Waals surface area contributed by atoms with Crippen molar-refractivity contribution in [3.05, 3.63) is 59.7 Å². The van der Waals surface area contributed by atoms with E-state index in [2.05, 4.69) is 21.0 Å². The topological polar surface area (TPSA) is 141 Å². The van der Waals surface area contributed by atoms with Crippen LogP contribution in [-0.4, -0.2) is 81.8 Å². The summed E-state index contributed by atoms with van der Waals surface area (Å²) in [5.74, 6) is 0.569. The first-order valence-corrected chi connectivity index (χ1v) is 13.8. The summed E-state index contributed by atoms with van der Waals surface area (Å²) in [6.07, 6.45) is 1.12. The third kappa shape index (κ3) is 6.54. The predicted octanol–water partition coefficient (Wildman–Crippen LogP) is 2.22. The number of carbonyl (C=O) groups is 2. The van der Waals surface area contributed by atoms with E-state index in [9.17, 15) is 18.0 Å². The minimum Gasteiger partial charge on any atom is -0.491 e. The van der Waals surface area contributed by atoms with Crippen LogP contribution in [0.3, 0.4) is 0 Å². The number of hydrogen-bond donors (Lipinski definition) is 2. The molecule has 2 aromatic rings. The van der Waals surface area contributed by atoms with E-state index in [4.69, 9.17) is 14.7 Å². The van der Waals surface area contributed by atoms with Crippen LogP contribution >= 0.6 is 0 Å². The van der Waals surface area contributed by atoms with Crippen molar-refractivity contribution >= 4 is 22.1 Å². The first-order valence-electron chi connectivity index (χ1n) is 12.3. The Morgan fingerprint density at radius 1 is 1.08 bits per heavy atom.